The smallest absolute Gasteiger partial charge is 0.237 e. The third-order valence-electron chi connectivity index (χ3n) is 6.56. The summed E-state index contributed by atoms with van der Waals surface area (Å²) < 4.78 is 16.4. The van der Waals surface area contributed by atoms with Gasteiger partial charge in [-0.1, -0.05) is 6.07 Å². The zero-order valence-corrected chi connectivity index (χ0v) is 19.6. The van der Waals surface area contributed by atoms with Gasteiger partial charge >= 0.3 is 0 Å². The van der Waals surface area contributed by atoms with Crippen molar-refractivity contribution in [3.8, 4) is 11.5 Å². The highest BCUT2D eigenvalue weighted by molar-refractivity contribution is 5.79. The molecule has 1 aromatic rings. The van der Waals surface area contributed by atoms with Gasteiger partial charge in [0.1, 0.15) is 13.2 Å². The Morgan fingerprint density at radius 2 is 1.76 bits per heavy atom. The minimum Gasteiger partial charge on any atom is -0.486 e. The van der Waals surface area contributed by atoms with Crippen LogP contribution in [0.3, 0.4) is 0 Å². The fourth-order valence-electron chi connectivity index (χ4n) is 4.77. The summed E-state index contributed by atoms with van der Waals surface area (Å²) in [6.07, 6.45) is 2.80. The molecule has 1 aromatic carbocycles. The van der Waals surface area contributed by atoms with Crippen LogP contribution < -0.4 is 14.8 Å². The Morgan fingerprint density at radius 1 is 1.03 bits per heavy atom. The summed E-state index contributed by atoms with van der Waals surface area (Å²) in [5.41, 5.74) is 1.12. The van der Waals surface area contributed by atoms with E-state index in [-0.39, 0.29) is 17.9 Å². The second-order valence-electron chi connectivity index (χ2n) is 8.90. The number of rotatable bonds is 9. The van der Waals surface area contributed by atoms with Gasteiger partial charge in [-0.05, 0) is 37.0 Å². The van der Waals surface area contributed by atoms with Crippen molar-refractivity contribution < 1.29 is 23.8 Å². The van der Waals surface area contributed by atoms with Crippen LogP contribution in [0, 0.1) is 0 Å². The van der Waals surface area contributed by atoms with Gasteiger partial charge in [-0.15, -0.1) is 0 Å². The monoisotopic (exact) mass is 460 g/mol. The molecule has 3 aliphatic heterocycles. The average molecular weight is 461 g/mol. The number of fused-ring (bicyclic) bond motifs is 1. The quantitative estimate of drug-likeness (QED) is 0.548. The van der Waals surface area contributed by atoms with Crippen molar-refractivity contribution in [2.75, 3.05) is 79.3 Å². The maximum Gasteiger partial charge on any atom is 0.237 e. The van der Waals surface area contributed by atoms with Crippen molar-refractivity contribution >= 4 is 11.8 Å². The van der Waals surface area contributed by atoms with Crippen LogP contribution in [0.15, 0.2) is 18.2 Å². The van der Waals surface area contributed by atoms with Crippen molar-refractivity contribution in [3.05, 3.63) is 23.8 Å². The van der Waals surface area contributed by atoms with Crippen LogP contribution >= 0.6 is 0 Å². The molecule has 0 saturated carbocycles. The van der Waals surface area contributed by atoms with E-state index < -0.39 is 0 Å². The Kier molecular flexibility index (Phi) is 8.41. The predicted octanol–water partition coefficient (Wildman–Crippen LogP) is 0.892. The molecule has 2 amide bonds. The fraction of sp³-hybridized carbons (Fsp3) is 0.667. The molecule has 3 aliphatic rings. The summed E-state index contributed by atoms with van der Waals surface area (Å²) in [4.78, 5) is 31.6. The predicted molar refractivity (Wildman–Crippen MR) is 124 cm³/mol. The number of nitrogens with zero attached hydrogens (tertiary/aromatic N) is 3. The van der Waals surface area contributed by atoms with Crippen LogP contribution in [0.25, 0.3) is 0 Å². The summed E-state index contributed by atoms with van der Waals surface area (Å²) >= 11 is 0. The van der Waals surface area contributed by atoms with E-state index >= 15 is 0 Å². The first-order valence-corrected chi connectivity index (χ1v) is 12.0. The van der Waals surface area contributed by atoms with E-state index in [9.17, 15) is 9.59 Å². The van der Waals surface area contributed by atoms with Crippen molar-refractivity contribution in [3.63, 3.8) is 0 Å². The molecule has 1 atom stereocenters. The summed E-state index contributed by atoms with van der Waals surface area (Å²) in [5, 5.41) is 2.93. The van der Waals surface area contributed by atoms with Crippen LogP contribution in [0.4, 0.5) is 0 Å². The Morgan fingerprint density at radius 3 is 2.52 bits per heavy atom. The molecule has 1 N–H and O–H groups in total. The number of likely N-dealkylation sites (tertiary alicyclic amines) is 1. The van der Waals surface area contributed by atoms with Crippen LogP contribution in [-0.2, 0) is 14.3 Å². The molecule has 4 rings (SSSR count). The molecule has 2 fully saturated rings. The third-order valence-corrected chi connectivity index (χ3v) is 6.56. The summed E-state index contributed by atoms with van der Waals surface area (Å²) in [6, 6.07) is 6.14. The fourth-order valence-corrected chi connectivity index (χ4v) is 4.77. The van der Waals surface area contributed by atoms with E-state index in [1.165, 1.54) is 0 Å². The van der Waals surface area contributed by atoms with Crippen LogP contribution in [-0.4, -0.2) is 106 Å². The lowest BCUT2D eigenvalue weighted by atomic mass is 10.0. The molecule has 182 valence electrons. The molecule has 0 spiro atoms. The molecule has 0 aliphatic carbocycles. The number of piperazine rings is 1. The lowest BCUT2D eigenvalue weighted by Crippen LogP contribution is -2.52. The largest absolute Gasteiger partial charge is 0.486 e. The maximum atomic E-state index is 13.2. The molecule has 33 heavy (non-hydrogen) atoms. The Hall–Kier alpha value is -2.36. The lowest BCUT2D eigenvalue weighted by molar-refractivity contribution is -0.134. The minimum atomic E-state index is 0.0509. The molecule has 2 saturated heterocycles. The van der Waals surface area contributed by atoms with Crippen molar-refractivity contribution in [1.29, 1.82) is 0 Å². The first-order chi connectivity index (χ1) is 16.1. The standard InChI is InChI=1S/C24H36N4O5/c1-31-13-3-7-25-23(29)17-26-9-11-27(12-10-26)18-24(30)28-8-2-4-20(28)19-5-6-21-22(16-19)33-15-14-32-21/h5-6,16,20H,2-4,7-15,17-18H2,1H3,(H,25,29). The first-order valence-electron chi connectivity index (χ1n) is 12.0. The lowest BCUT2D eigenvalue weighted by Gasteiger charge is -2.35. The molecule has 3 heterocycles. The zero-order chi connectivity index (χ0) is 23.0. The highest BCUT2D eigenvalue weighted by atomic mass is 16.6. The van der Waals surface area contributed by atoms with E-state index in [0.29, 0.717) is 39.5 Å². The topological polar surface area (TPSA) is 83.6 Å². The number of carbonyl (C=O) groups is 2. The van der Waals surface area contributed by atoms with Crippen molar-refractivity contribution in [2.24, 2.45) is 0 Å². The highest BCUT2D eigenvalue weighted by Crippen LogP contribution is 2.38. The Labute approximate surface area is 195 Å². The molecule has 0 bridgehead atoms. The SMILES string of the molecule is COCCCNC(=O)CN1CCN(CC(=O)N2CCCC2c2ccc3c(c2)OCCO3)CC1. The van der Waals surface area contributed by atoms with E-state index in [2.05, 4.69) is 21.2 Å². The van der Waals surface area contributed by atoms with E-state index in [1.54, 1.807) is 7.11 Å². The number of benzene rings is 1. The number of amides is 2. The third kappa shape index (κ3) is 6.37. The van der Waals surface area contributed by atoms with Crippen LogP contribution in [0.5, 0.6) is 11.5 Å². The van der Waals surface area contributed by atoms with Gasteiger partial charge in [-0.2, -0.15) is 0 Å². The van der Waals surface area contributed by atoms with Crippen LogP contribution in [0.1, 0.15) is 30.9 Å². The van der Waals surface area contributed by atoms with Gasteiger partial charge in [0.2, 0.25) is 11.8 Å². The first kappa shape index (κ1) is 23.8. The van der Waals surface area contributed by atoms with Gasteiger partial charge in [-0.25, -0.2) is 0 Å². The molecule has 9 nitrogen and oxygen atoms in total. The molecule has 0 aromatic heterocycles. The number of nitrogens with one attached hydrogen (secondary N) is 1. The molecule has 1 unspecified atom stereocenters. The van der Waals surface area contributed by atoms with Gasteiger partial charge in [0, 0.05) is 53.0 Å². The van der Waals surface area contributed by atoms with E-state index in [1.807, 2.05) is 17.0 Å². The molecular weight excluding hydrogens is 424 g/mol. The van der Waals surface area contributed by atoms with Crippen molar-refractivity contribution in [2.45, 2.75) is 25.3 Å². The van der Waals surface area contributed by atoms with Crippen LogP contribution in [0.2, 0.25) is 0 Å². The average Bonchev–Trinajstić information content (AvgIpc) is 3.33. The number of carbonyl (C=O) groups excluding carboxylic acids is 2. The second-order valence-corrected chi connectivity index (χ2v) is 8.90. The van der Waals surface area contributed by atoms with Gasteiger partial charge in [0.05, 0.1) is 19.1 Å². The molecule has 0 radical (unpaired) electrons. The highest BCUT2D eigenvalue weighted by Gasteiger charge is 2.32. The van der Waals surface area contributed by atoms with Crippen molar-refractivity contribution in [1.82, 2.24) is 20.0 Å². The summed E-state index contributed by atoms with van der Waals surface area (Å²) in [7, 11) is 1.66. The number of ether oxygens (including phenoxy) is 3. The Bertz CT molecular complexity index is 812. The zero-order valence-electron chi connectivity index (χ0n) is 19.6. The van der Waals surface area contributed by atoms with Gasteiger partial charge in [-0.3, -0.25) is 19.4 Å². The minimum absolute atomic E-state index is 0.0509. The number of hydrogen-bond donors (Lipinski definition) is 1. The molecular formula is C24H36N4O5. The molecule has 9 heteroatoms. The maximum absolute atomic E-state index is 13.2. The number of hydrogen-bond acceptors (Lipinski definition) is 7. The second kappa shape index (κ2) is 11.7. The van der Waals surface area contributed by atoms with Gasteiger partial charge in [0.15, 0.2) is 11.5 Å². The summed E-state index contributed by atoms with van der Waals surface area (Å²) in [6.45, 7) is 7.25. The number of methoxy groups -OCH3 is 1. The van der Waals surface area contributed by atoms with Gasteiger partial charge < -0.3 is 24.4 Å². The summed E-state index contributed by atoms with van der Waals surface area (Å²) in [5.74, 6) is 1.78. The van der Waals surface area contributed by atoms with E-state index in [4.69, 9.17) is 14.2 Å². The Balaban J connectivity index is 1.23. The van der Waals surface area contributed by atoms with E-state index in [0.717, 1.165) is 69.0 Å². The van der Waals surface area contributed by atoms with Gasteiger partial charge in [0.25, 0.3) is 0 Å². The normalized spacial score (nSPS) is 21.2.